The Morgan fingerprint density at radius 3 is 2.92 bits per heavy atom. The molecule has 0 saturated carbocycles. The summed E-state index contributed by atoms with van der Waals surface area (Å²) < 4.78 is 5.23. The zero-order chi connectivity index (χ0) is 9.10. The Labute approximate surface area is 76.2 Å². The first-order chi connectivity index (χ1) is 6.42. The number of pyridine rings is 1. The van der Waals surface area contributed by atoms with Gasteiger partial charge in [-0.15, -0.1) is 0 Å². The van der Waals surface area contributed by atoms with Crippen LogP contribution >= 0.6 is 0 Å². The minimum atomic E-state index is 0.176. The monoisotopic (exact) mass is 174 g/mol. The number of rotatable bonds is 2. The lowest BCUT2D eigenvalue weighted by molar-refractivity contribution is 0.333. The molecular formula is C10H10N2O. The highest BCUT2D eigenvalue weighted by atomic mass is 16.5. The highest BCUT2D eigenvalue weighted by molar-refractivity contribution is 5.84. The van der Waals surface area contributed by atoms with Crippen LogP contribution in [-0.4, -0.2) is 11.7 Å². The third-order valence-electron chi connectivity index (χ3n) is 1.83. The highest BCUT2D eigenvalue weighted by Crippen LogP contribution is 2.22. The van der Waals surface area contributed by atoms with Gasteiger partial charge in [0, 0.05) is 11.6 Å². The molecule has 0 aliphatic heterocycles. The van der Waals surface area contributed by atoms with E-state index in [0.717, 1.165) is 16.7 Å². The van der Waals surface area contributed by atoms with Crippen LogP contribution < -0.4 is 10.5 Å². The summed E-state index contributed by atoms with van der Waals surface area (Å²) >= 11 is 0. The molecule has 0 amide bonds. The molecule has 3 nitrogen and oxygen atoms in total. The maximum atomic E-state index is 5.30. The number of para-hydroxylation sites is 1. The van der Waals surface area contributed by atoms with Crippen molar-refractivity contribution in [3.8, 4) is 5.75 Å². The summed E-state index contributed by atoms with van der Waals surface area (Å²) in [6.45, 7) is 0.176. The van der Waals surface area contributed by atoms with E-state index in [1.165, 1.54) is 0 Å². The van der Waals surface area contributed by atoms with Gasteiger partial charge in [-0.05, 0) is 12.1 Å². The third kappa shape index (κ3) is 1.46. The Morgan fingerprint density at radius 2 is 2.08 bits per heavy atom. The molecule has 0 unspecified atom stereocenters. The number of ether oxygens (including phenoxy) is 1. The molecule has 0 fully saturated rings. The largest absolute Gasteiger partial charge is 0.476 e. The molecule has 2 rings (SSSR count). The molecule has 0 saturated heterocycles. The van der Waals surface area contributed by atoms with E-state index in [4.69, 9.17) is 10.5 Å². The van der Waals surface area contributed by atoms with Crippen LogP contribution in [0.5, 0.6) is 5.75 Å². The van der Waals surface area contributed by atoms with Gasteiger partial charge in [0.2, 0.25) is 0 Å². The Balaban J connectivity index is 2.61. The highest BCUT2D eigenvalue weighted by Gasteiger charge is 2.00. The molecule has 0 bridgehead atoms. The number of hydrogen-bond acceptors (Lipinski definition) is 3. The van der Waals surface area contributed by atoms with Crippen LogP contribution in [0, 0.1) is 0 Å². The van der Waals surface area contributed by atoms with E-state index in [2.05, 4.69) is 4.98 Å². The minimum absolute atomic E-state index is 0.176. The molecular weight excluding hydrogens is 164 g/mol. The van der Waals surface area contributed by atoms with Crippen molar-refractivity contribution in [1.82, 2.24) is 4.98 Å². The number of nitrogens with zero attached hydrogens (tertiary/aromatic N) is 1. The number of aromatic nitrogens is 1. The average Bonchev–Trinajstić information content (AvgIpc) is 2.19. The predicted molar refractivity (Wildman–Crippen MR) is 51.4 cm³/mol. The maximum Gasteiger partial charge on any atom is 0.147 e. The fourth-order valence-electron chi connectivity index (χ4n) is 1.28. The second kappa shape index (κ2) is 3.41. The molecule has 0 radical (unpaired) electrons. The molecule has 0 atom stereocenters. The van der Waals surface area contributed by atoms with Crippen molar-refractivity contribution in [1.29, 1.82) is 0 Å². The van der Waals surface area contributed by atoms with Gasteiger partial charge in [0.15, 0.2) is 0 Å². The van der Waals surface area contributed by atoms with Crippen molar-refractivity contribution in [3.63, 3.8) is 0 Å². The van der Waals surface area contributed by atoms with E-state index in [9.17, 15) is 0 Å². The lowest BCUT2D eigenvalue weighted by atomic mass is 10.2. The van der Waals surface area contributed by atoms with E-state index in [0.29, 0.717) is 0 Å². The Hall–Kier alpha value is -1.61. The molecule has 0 spiro atoms. The maximum absolute atomic E-state index is 5.30. The Morgan fingerprint density at radius 1 is 1.23 bits per heavy atom. The molecule has 1 aromatic carbocycles. The third-order valence-corrected chi connectivity index (χ3v) is 1.83. The van der Waals surface area contributed by atoms with E-state index in [1.54, 1.807) is 6.20 Å². The lowest BCUT2D eigenvalue weighted by Gasteiger charge is -2.04. The second-order valence-electron chi connectivity index (χ2n) is 2.64. The van der Waals surface area contributed by atoms with Gasteiger partial charge in [0.25, 0.3) is 0 Å². The lowest BCUT2D eigenvalue weighted by Crippen LogP contribution is -2.07. The van der Waals surface area contributed by atoms with Crippen LogP contribution in [0.15, 0.2) is 36.5 Å². The van der Waals surface area contributed by atoms with E-state index < -0.39 is 0 Å². The molecule has 3 heteroatoms. The first kappa shape index (κ1) is 8.01. The zero-order valence-electron chi connectivity index (χ0n) is 7.10. The molecule has 0 aliphatic rings. The van der Waals surface area contributed by atoms with Crippen molar-refractivity contribution in [3.05, 3.63) is 36.5 Å². The normalized spacial score (nSPS) is 10.2. The molecule has 66 valence electrons. The summed E-state index contributed by atoms with van der Waals surface area (Å²) in [5.41, 5.74) is 6.16. The SMILES string of the molecule is NCOc1cccc2cccnc12. The van der Waals surface area contributed by atoms with E-state index in [1.807, 2.05) is 30.3 Å². The minimum Gasteiger partial charge on any atom is -0.476 e. The molecule has 2 aromatic rings. The number of nitrogens with two attached hydrogens (primary N) is 1. The Bertz CT molecular complexity index is 409. The van der Waals surface area contributed by atoms with Gasteiger partial charge >= 0.3 is 0 Å². The predicted octanol–water partition coefficient (Wildman–Crippen LogP) is 1.53. The van der Waals surface area contributed by atoms with Crippen LogP contribution in [0.4, 0.5) is 0 Å². The van der Waals surface area contributed by atoms with Gasteiger partial charge in [-0.1, -0.05) is 18.2 Å². The molecule has 1 aromatic heterocycles. The average molecular weight is 174 g/mol. The first-order valence-electron chi connectivity index (χ1n) is 4.08. The fraction of sp³-hybridized carbons (Fsp3) is 0.100. The van der Waals surface area contributed by atoms with Crippen molar-refractivity contribution in [2.24, 2.45) is 5.73 Å². The first-order valence-corrected chi connectivity index (χ1v) is 4.08. The van der Waals surface area contributed by atoms with Crippen LogP contribution in [0.3, 0.4) is 0 Å². The smallest absolute Gasteiger partial charge is 0.147 e. The molecule has 1 heterocycles. The van der Waals surface area contributed by atoms with Crippen LogP contribution in [0.2, 0.25) is 0 Å². The van der Waals surface area contributed by atoms with Gasteiger partial charge in [0.05, 0.1) is 0 Å². The summed E-state index contributed by atoms with van der Waals surface area (Å²) in [6, 6.07) is 9.67. The standard InChI is InChI=1S/C10H10N2O/c11-7-13-9-5-1-3-8-4-2-6-12-10(8)9/h1-6H,7,11H2. The fourth-order valence-corrected chi connectivity index (χ4v) is 1.28. The van der Waals surface area contributed by atoms with Crippen molar-refractivity contribution in [2.45, 2.75) is 0 Å². The summed E-state index contributed by atoms with van der Waals surface area (Å²) in [7, 11) is 0. The number of hydrogen-bond donors (Lipinski definition) is 1. The van der Waals surface area contributed by atoms with Gasteiger partial charge in [-0.25, -0.2) is 0 Å². The van der Waals surface area contributed by atoms with Crippen molar-refractivity contribution < 1.29 is 4.74 Å². The molecule has 13 heavy (non-hydrogen) atoms. The van der Waals surface area contributed by atoms with Gasteiger partial charge in [-0.3, -0.25) is 10.7 Å². The van der Waals surface area contributed by atoms with Crippen LogP contribution in [0.25, 0.3) is 10.9 Å². The van der Waals surface area contributed by atoms with E-state index >= 15 is 0 Å². The van der Waals surface area contributed by atoms with Gasteiger partial charge < -0.3 is 4.74 Å². The van der Waals surface area contributed by atoms with Crippen LogP contribution in [-0.2, 0) is 0 Å². The van der Waals surface area contributed by atoms with Crippen molar-refractivity contribution in [2.75, 3.05) is 6.73 Å². The topological polar surface area (TPSA) is 48.1 Å². The van der Waals surface area contributed by atoms with Gasteiger partial charge in [0.1, 0.15) is 18.0 Å². The number of benzene rings is 1. The number of fused-ring (bicyclic) bond motifs is 1. The van der Waals surface area contributed by atoms with Gasteiger partial charge in [-0.2, -0.15) is 0 Å². The summed E-state index contributed by atoms with van der Waals surface area (Å²) in [5.74, 6) is 0.737. The molecule has 2 N–H and O–H groups in total. The Kier molecular flexibility index (Phi) is 2.10. The summed E-state index contributed by atoms with van der Waals surface area (Å²) in [5, 5.41) is 1.06. The zero-order valence-corrected chi connectivity index (χ0v) is 7.10. The molecule has 0 aliphatic carbocycles. The van der Waals surface area contributed by atoms with Crippen LogP contribution in [0.1, 0.15) is 0 Å². The summed E-state index contributed by atoms with van der Waals surface area (Å²) in [4.78, 5) is 4.22. The van der Waals surface area contributed by atoms with E-state index in [-0.39, 0.29) is 6.73 Å². The summed E-state index contributed by atoms with van der Waals surface area (Å²) in [6.07, 6.45) is 1.74. The quantitative estimate of drug-likeness (QED) is 0.702. The second-order valence-corrected chi connectivity index (χ2v) is 2.64. The van der Waals surface area contributed by atoms with Crippen molar-refractivity contribution >= 4 is 10.9 Å².